The van der Waals surface area contributed by atoms with Crippen LogP contribution in [0.15, 0.2) is 24.4 Å². The van der Waals surface area contributed by atoms with E-state index in [4.69, 9.17) is 5.73 Å². The zero-order chi connectivity index (χ0) is 14.7. The van der Waals surface area contributed by atoms with Gasteiger partial charge in [0.15, 0.2) is 0 Å². The third-order valence-electron chi connectivity index (χ3n) is 3.08. The highest BCUT2D eigenvalue weighted by atomic mass is 16.4. The second-order valence-corrected chi connectivity index (χ2v) is 5.34. The number of hydrogen-bond donors (Lipinski definition) is 3. The smallest absolute Gasteiger partial charge is 0.334 e. The first kappa shape index (κ1) is 15.1. The minimum absolute atomic E-state index is 0.146. The normalized spacial score (nSPS) is 14.7. The third kappa shape index (κ3) is 2.90. The Balaban J connectivity index is 3.05. The van der Waals surface area contributed by atoms with E-state index in [-0.39, 0.29) is 6.54 Å². The number of carboxylic acid groups (broad SMARTS) is 1. The molecule has 1 aromatic heterocycles. The van der Waals surface area contributed by atoms with Crippen LogP contribution in [0.25, 0.3) is 0 Å². The first-order valence-corrected chi connectivity index (χ1v) is 5.90. The first-order valence-electron chi connectivity index (χ1n) is 5.90. The number of carbonyl (C=O) groups excluding carboxylic acids is 1. The van der Waals surface area contributed by atoms with E-state index < -0.39 is 22.8 Å². The van der Waals surface area contributed by atoms with Crippen LogP contribution in [0.2, 0.25) is 0 Å². The van der Waals surface area contributed by atoms with E-state index in [0.717, 1.165) is 0 Å². The summed E-state index contributed by atoms with van der Waals surface area (Å²) < 4.78 is 0. The molecule has 4 N–H and O–H groups in total. The summed E-state index contributed by atoms with van der Waals surface area (Å²) in [5, 5.41) is 12.2. The molecule has 1 amide bonds. The van der Waals surface area contributed by atoms with E-state index in [1.807, 2.05) is 0 Å². The van der Waals surface area contributed by atoms with Gasteiger partial charge in [0.1, 0.15) is 0 Å². The summed E-state index contributed by atoms with van der Waals surface area (Å²) in [4.78, 5) is 27.3. The van der Waals surface area contributed by atoms with Gasteiger partial charge in [0.05, 0.1) is 5.69 Å². The lowest BCUT2D eigenvalue weighted by atomic mass is 9.72. The second-order valence-electron chi connectivity index (χ2n) is 5.34. The fraction of sp³-hybridized carbons (Fsp3) is 0.462. The lowest BCUT2D eigenvalue weighted by molar-refractivity contribution is -0.156. The molecule has 0 aliphatic heterocycles. The highest BCUT2D eigenvalue weighted by Gasteiger charge is 2.54. The van der Waals surface area contributed by atoms with Crippen molar-refractivity contribution in [3.8, 4) is 0 Å². The van der Waals surface area contributed by atoms with Gasteiger partial charge in [-0.3, -0.25) is 15.1 Å². The number of carbonyl (C=O) groups is 2. The van der Waals surface area contributed by atoms with E-state index in [1.165, 1.54) is 0 Å². The zero-order valence-corrected chi connectivity index (χ0v) is 11.3. The molecule has 0 aliphatic rings. The van der Waals surface area contributed by atoms with Gasteiger partial charge < -0.3 is 10.8 Å². The summed E-state index contributed by atoms with van der Waals surface area (Å²) in [7, 11) is 0. The maximum absolute atomic E-state index is 11.7. The highest BCUT2D eigenvalue weighted by Crippen LogP contribution is 2.31. The van der Waals surface area contributed by atoms with Gasteiger partial charge in [-0.25, -0.2) is 4.79 Å². The van der Waals surface area contributed by atoms with Crippen LogP contribution >= 0.6 is 0 Å². The first-order chi connectivity index (χ1) is 8.72. The molecule has 0 bridgehead atoms. The van der Waals surface area contributed by atoms with Crippen LogP contribution in [0, 0.1) is 5.41 Å². The van der Waals surface area contributed by atoms with Gasteiger partial charge in [0.25, 0.3) is 0 Å². The topological polar surface area (TPSA) is 105 Å². The van der Waals surface area contributed by atoms with Crippen LogP contribution in [0.4, 0.5) is 0 Å². The average molecular weight is 265 g/mol. The maximum atomic E-state index is 11.7. The Hall–Kier alpha value is -1.95. The number of nitrogens with zero attached hydrogens (tertiary/aromatic N) is 1. The van der Waals surface area contributed by atoms with E-state index in [1.54, 1.807) is 45.2 Å². The number of aliphatic carboxylic acids is 1. The number of nitrogens with one attached hydrogen (secondary N) is 1. The summed E-state index contributed by atoms with van der Waals surface area (Å²) in [6.45, 7) is 5.10. The highest BCUT2D eigenvalue weighted by molar-refractivity contribution is 6.07. The molecule has 0 saturated carbocycles. The van der Waals surface area contributed by atoms with Crippen molar-refractivity contribution in [3.63, 3.8) is 0 Å². The molecule has 1 unspecified atom stereocenters. The van der Waals surface area contributed by atoms with Crippen molar-refractivity contribution in [1.82, 2.24) is 10.3 Å². The summed E-state index contributed by atoms with van der Waals surface area (Å²) in [5.41, 5.74) is 3.24. The number of pyridine rings is 1. The van der Waals surface area contributed by atoms with Gasteiger partial charge in [-0.1, -0.05) is 26.8 Å². The van der Waals surface area contributed by atoms with Crippen LogP contribution in [-0.2, 0) is 16.1 Å². The molecule has 0 radical (unpaired) electrons. The van der Waals surface area contributed by atoms with E-state index in [2.05, 4.69) is 10.3 Å². The Morgan fingerprint density at radius 3 is 2.37 bits per heavy atom. The Bertz CT molecular complexity index is 452. The number of aromatic nitrogens is 1. The van der Waals surface area contributed by atoms with Crippen molar-refractivity contribution in [2.45, 2.75) is 32.9 Å². The van der Waals surface area contributed by atoms with E-state index >= 15 is 0 Å². The van der Waals surface area contributed by atoms with Crippen molar-refractivity contribution < 1.29 is 14.7 Å². The lowest BCUT2D eigenvalue weighted by Gasteiger charge is -2.38. The standard InChI is InChI=1S/C13H19N3O3/c1-12(2,3)13(10(14)17,11(18)19)16-8-9-6-4-5-7-15-9/h4-7,16H,8H2,1-3H3,(H2,14,17)(H,18,19). The average Bonchev–Trinajstić information content (AvgIpc) is 2.28. The van der Waals surface area contributed by atoms with E-state index in [9.17, 15) is 14.7 Å². The quantitative estimate of drug-likeness (QED) is 0.673. The molecule has 1 atom stereocenters. The van der Waals surface area contributed by atoms with Gasteiger partial charge in [0, 0.05) is 18.2 Å². The van der Waals surface area contributed by atoms with Crippen molar-refractivity contribution >= 4 is 11.9 Å². The predicted molar refractivity (Wildman–Crippen MR) is 70.1 cm³/mol. The van der Waals surface area contributed by atoms with Crippen molar-refractivity contribution in [2.75, 3.05) is 0 Å². The predicted octanol–water partition coefficient (Wildman–Crippen LogP) is 0.526. The lowest BCUT2D eigenvalue weighted by Crippen LogP contribution is -2.67. The maximum Gasteiger partial charge on any atom is 0.334 e. The van der Waals surface area contributed by atoms with Crippen molar-refractivity contribution in [2.24, 2.45) is 11.1 Å². The Morgan fingerprint density at radius 2 is 2.00 bits per heavy atom. The molecule has 0 saturated heterocycles. The SMILES string of the molecule is CC(C)(C)C(NCc1ccccn1)(C(N)=O)C(=O)O. The molecular weight excluding hydrogens is 246 g/mol. The number of carboxylic acids is 1. The molecule has 6 heteroatoms. The number of rotatable bonds is 5. The fourth-order valence-electron chi connectivity index (χ4n) is 1.95. The number of primary amides is 1. The summed E-state index contributed by atoms with van der Waals surface area (Å²) in [6.07, 6.45) is 1.60. The fourth-order valence-corrected chi connectivity index (χ4v) is 1.95. The molecule has 1 aromatic rings. The second kappa shape index (κ2) is 5.36. The van der Waals surface area contributed by atoms with Crippen molar-refractivity contribution in [1.29, 1.82) is 0 Å². The van der Waals surface area contributed by atoms with Gasteiger partial charge >= 0.3 is 5.97 Å². The van der Waals surface area contributed by atoms with Crippen LogP contribution in [-0.4, -0.2) is 27.5 Å². The van der Waals surface area contributed by atoms with Gasteiger partial charge in [-0.05, 0) is 12.1 Å². The van der Waals surface area contributed by atoms with Crippen molar-refractivity contribution in [3.05, 3.63) is 30.1 Å². The molecule has 0 spiro atoms. The van der Waals surface area contributed by atoms with Crippen LogP contribution in [0.3, 0.4) is 0 Å². The van der Waals surface area contributed by atoms with Gasteiger partial charge in [0.2, 0.25) is 11.4 Å². The molecule has 19 heavy (non-hydrogen) atoms. The molecule has 1 rings (SSSR count). The third-order valence-corrected chi connectivity index (χ3v) is 3.08. The summed E-state index contributed by atoms with van der Waals surface area (Å²) in [5.74, 6) is -2.20. The van der Waals surface area contributed by atoms with Crippen LogP contribution < -0.4 is 11.1 Å². The number of amides is 1. The molecular formula is C13H19N3O3. The minimum Gasteiger partial charge on any atom is -0.479 e. The van der Waals surface area contributed by atoms with Gasteiger partial charge in [-0.15, -0.1) is 0 Å². The molecule has 0 aromatic carbocycles. The summed E-state index contributed by atoms with van der Waals surface area (Å²) in [6, 6.07) is 5.28. The monoisotopic (exact) mass is 265 g/mol. The number of hydrogen-bond acceptors (Lipinski definition) is 4. The molecule has 0 fully saturated rings. The summed E-state index contributed by atoms with van der Waals surface area (Å²) >= 11 is 0. The largest absolute Gasteiger partial charge is 0.479 e. The van der Waals surface area contributed by atoms with Gasteiger partial charge in [-0.2, -0.15) is 0 Å². The Kier molecular flexibility index (Phi) is 4.26. The molecule has 6 nitrogen and oxygen atoms in total. The minimum atomic E-state index is -1.84. The van der Waals surface area contributed by atoms with Crippen LogP contribution in [0.1, 0.15) is 26.5 Å². The zero-order valence-electron chi connectivity index (χ0n) is 11.3. The van der Waals surface area contributed by atoms with Crippen LogP contribution in [0.5, 0.6) is 0 Å². The molecule has 0 aliphatic carbocycles. The molecule has 1 heterocycles. The Morgan fingerprint density at radius 1 is 1.37 bits per heavy atom. The Labute approximate surface area is 112 Å². The molecule has 104 valence electrons. The number of nitrogens with two attached hydrogens (primary N) is 1. The van der Waals surface area contributed by atoms with E-state index in [0.29, 0.717) is 5.69 Å².